The lowest BCUT2D eigenvalue weighted by atomic mass is 10.1. The van der Waals surface area contributed by atoms with Crippen molar-refractivity contribution < 1.29 is 0 Å². The van der Waals surface area contributed by atoms with Crippen molar-refractivity contribution in [2.75, 3.05) is 11.1 Å². The van der Waals surface area contributed by atoms with Gasteiger partial charge >= 0.3 is 0 Å². The van der Waals surface area contributed by atoms with Crippen molar-refractivity contribution in [2.45, 2.75) is 26.3 Å². The van der Waals surface area contributed by atoms with Crippen LogP contribution in [0.25, 0.3) is 0 Å². The van der Waals surface area contributed by atoms with Gasteiger partial charge < -0.3 is 11.1 Å². The molecule has 4 nitrogen and oxygen atoms in total. The van der Waals surface area contributed by atoms with Crippen molar-refractivity contribution in [3.63, 3.8) is 0 Å². The molecular weight excluding hydrogens is 176 g/mol. The fourth-order valence-electron chi connectivity index (χ4n) is 1.03. The number of hydrogen-bond donors (Lipinski definition) is 2. The van der Waals surface area contributed by atoms with Crippen LogP contribution in [0.3, 0.4) is 0 Å². The van der Waals surface area contributed by atoms with E-state index in [9.17, 15) is 0 Å². The van der Waals surface area contributed by atoms with Crippen molar-refractivity contribution >= 4 is 11.5 Å². The van der Waals surface area contributed by atoms with Gasteiger partial charge in [-0.3, -0.25) is 0 Å². The summed E-state index contributed by atoms with van der Waals surface area (Å²) in [6, 6.07) is 3.62. The second-order valence-electron chi connectivity index (χ2n) is 4.11. The molecule has 74 valence electrons. The van der Waals surface area contributed by atoms with E-state index in [2.05, 4.69) is 10.3 Å². The second-order valence-corrected chi connectivity index (χ2v) is 4.11. The SMILES string of the molecule is CC(C)(C)Nc1nccc(C#N)c1N. The molecule has 0 aliphatic carbocycles. The summed E-state index contributed by atoms with van der Waals surface area (Å²) in [7, 11) is 0. The van der Waals surface area contributed by atoms with Crippen LogP contribution in [-0.2, 0) is 0 Å². The van der Waals surface area contributed by atoms with Crippen LogP contribution in [0.15, 0.2) is 12.3 Å². The molecule has 14 heavy (non-hydrogen) atoms. The van der Waals surface area contributed by atoms with Gasteiger partial charge in [-0.2, -0.15) is 5.26 Å². The van der Waals surface area contributed by atoms with Gasteiger partial charge in [-0.15, -0.1) is 0 Å². The zero-order chi connectivity index (χ0) is 10.8. The summed E-state index contributed by atoms with van der Waals surface area (Å²) in [6.45, 7) is 6.02. The summed E-state index contributed by atoms with van der Waals surface area (Å²) in [5.74, 6) is 0.566. The van der Waals surface area contributed by atoms with Gasteiger partial charge in [0.1, 0.15) is 6.07 Å². The maximum Gasteiger partial charge on any atom is 0.150 e. The summed E-state index contributed by atoms with van der Waals surface area (Å²) in [6.07, 6.45) is 1.57. The number of anilines is 2. The smallest absolute Gasteiger partial charge is 0.150 e. The van der Waals surface area contributed by atoms with E-state index in [0.29, 0.717) is 17.1 Å². The molecule has 0 aliphatic rings. The summed E-state index contributed by atoms with van der Waals surface area (Å²) in [5.41, 5.74) is 6.50. The summed E-state index contributed by atoms with van der Waals surface area (Å²) >= 11 is 0. The van der Waals surface area contributed by atoms with Crippen molar-refractivity contribution in [3.8, 4) is 6.07 Å². The Kier molecular flexibility index (Phi) is 2.61. The molecule has 1 heterocycles. The third-order valence-electron chi connectivity index (χ3n) is 1.60. The van der Waals surface area contributed by atoms with Crippen LogP contribution in [0.2, 0.25) is 0 Å². The van der Waals surface area contributed by atoms with Gasteiger partial charge in [-0.25, -0.2) is 4.98 Å². The molecule has 0 unspecified atom stereocenters. The van der Waals surface area contributed by atoms with Gasteiger partial charge in [0.2, 0.25) is 0 Å². The molecule has 0 fully saturated rings. The molecule has 3 N–H and O–H groups in total. The van der Waals surface area contributed by atoms with E-state index >= 15 is 0 Å². The zero-order valence-corrected chi connectivity index (χ0v) is 8.63. The highest BCUT2D eigenvalue weighted by atomic mass is 15.1. The average molecular weight is 190 g/mol. The van der Waals surface area contributed by atoms with Crippen LogP contribution < -0.4 is 11.1 Å². The van der Waals surface area contributed by atoms with Gasteiger partial charge in [-0.1, -0.05) is 0 Å². The standard InChI is InChI=1S/C10H14N4/c1-10(2,3)14-9-8(12)7(6-11)4-5-13-9/h4-5H,12H2,1-3H3,(H,13,14). The monoisotopic (exact) mass is 190 g/mol. The van der Waals surface area contributed by atoms with E-state index in [1.165, 1.54) is 0 Å². The van der Waals surface area contributed by atoms with Crippen molar-refractivity contribution in [3.05, 3.63) is 17.8 Å². The van der Waals surface area contributed by atoms with Crippen LogP contribution in [0.1, 0.15) is 26.3 Å². The minimum absolute atomic E-state index is 0.116. The number of aromatic nitrogens is 1. The fourth-order valence-corrected chi connectivity index (χ4v) is 1.03. The van der Waals surface area contributed by atoms with Crippen LogP contribution in [0.5, 0.6) is 0 Å². The fraction of sp³-hybridized carbons (Fsp3) is 0.400. The number of nitrogens with one attached hydrogen (secondary N) is 1. The lowest BCUT2D eigenvalue weighted by molar-refractivity contribution is 0.631. The molecule has 0 atom stereocenters. The van der Waals surface area contributed by atoms with Gasteiger partial charge in [0.15, 0.2) is 5.82 Å². The molecular formula is C10H14N4. The Morgan fingerprint density at radius 3 is 2.64 bits per heavy atom. The first-order chi connectivity index (χ1) is 6.44. The molecule has 0 amide bonds. The number of hydrogen-bond acceptors (Lipinski definition) is 4. The summed E-state index contributed by atoms with van der Waals surface area (Å²) < 4.78 is 0. The minimum atomic E-state index is -0.116. The topological polar surface area (TPSA) is 74.7 Å². The Labute approximate surface area is 83.8 Å². The van der Waals surface area contributed by atoms with Crippen LogP contribution in [-0.4, -0.2) is 10.5 Å². The minimum Gasteiger partial charge on any atom is -0.395 e. The molecule has 0 saturated heterocycles. The quantitative estimate of drug-likeness (QED) is 0.707. The molecule has 0 radical (unpaired) electrons. The van der Waals surface area contributed by atoms with Gasteiger partial charge in [0.05, 0.1) is 11.3 Å². The molecule has 1 aromatic heterocycles. The highest BCUT2D eigenvalue weighted by molar-refractivity contribution is 5.69. The Balaban J connectivity index is 3.06. The van der Waals surface area contributed by atoms with E-state index in [0.717, 1.165) is 0 Å². The summed E-state index contributed by atoms with van der Waals surface area (Å²) in [4.78, 5) is 4.09. The van der Waals surface area contributed by atoms with Crippen molar-refractivity contribution in [1.29, 1.82) is 5.26 Å². The highest BCUT2D eigenvalue weighted by Gasteiger charge is 2.13. The van der Waals surface area contributed by atoms with Crippen molar-refractivity contribution in [1.82, 2.24) is 4.98 Å². The number of nitriles is 1. The van der Waals surface area contributed by atoms with Gasteiger partial charge in [-0.05, 0) is 26.8 Å². The van der Waals surface area contributed by atoms with E-state index in [1.807, 2.05) is 26.8 Å². The van der Waals surface area contributed by atoms with E-state index in [4.69, 9.17) is 11.0 Å². The number of nitrogen functional groups attached to an aromatic ring is 1. The van der Waals surface area contributed by atoms with E-state index < -0.39 is 0 Å². The molecule has 0 spiro atoms. The normalized spacial score (nSPS) is 10.7. The average Bonchev–Trinajstić information content (AvgIpc) is 2.06. The van der Waals surface area contributed by atoms with E-state index in [1.54, 1.807) is 12.3 Å². The Hall–Kier alpha value is -1.76. The highest BCUT2D eigenvalue weighted by Crippen LogP contribution is 2.22. The molecule has 0 bridgehead atoms. The Bertz CT molecular complexity index is 371. The van der Waals surface area contributed by atoms with Gasteiger partial charge in [0.25, 0.3) is 0 Å². The predicted octanol–water partition coefficient (Wildman–Crippen LogP) is 1.75. The van der Waals surface area contributed by atoms with E-state index in [-0.39, 0.29) is 5.54 Å². The largest absolute Gasteiger partial charge is 0.395 e. The molecule has 1 rings (SSSR count). The zero-order valence-electron chi connectivity index (χ0n) is 8.63. The first-order valence-electron chi connectivity index (χ1n) is 4.37. The van der Waals surface area contributed by atoms with Crippen LogP contribution >= 0.6 is 0 Å². The first-order valence-corrected chi connectivity index (χ1v) is 4.37. The molecule has 1 aromatic rings. The number of nitrogens with two attached hydrogens (primary N) is 1. The molecule has 0 saturated carbocycles. The lowest BCUT2D eigenvalue weighted by Gasteiger charge is -2.22. The molecule has 4 heteroatoms. The van der Waals surface area contributed by atoms with Crippen LogP contribution in [0.4, 0.5) is 11.5 Å². The lowest BCUT2D eigenvalue weighted by Crippen LogP contribution is -2.27. The van der Waals surface area contributed by atoms with Crippen molar-refractivity contribution in [2.24, 2.45) is 0 Å². The van der Waals surface area contributed by atoms with Gasteiger partial charge in [0, 0.05) is 11.7 Å². The molecule has 0 aromatic carbocycles. The summed E-state index contributed by atoms with van der Waals surface area (Å²) in [5, 5.41) is 11.9. The number of rotatable bonds is 1. The Morgan fingerprint density at radius 1 is 1.50 bits per heavy atom. The number of nitrogens with zero attached hydrogens (tertiary/aromatic N) is 2. The molecule has 0 aliphatic heterocycles. The third kappa shape index (κ3) is 2.36. The maximum absolute atomic E-state index is 8.76. The van der Waals surface area contributed by atoms with Crippen LogP contribution in [0, 0.1) is 11.3 Å². The first kappa shape index (κ1) is 10.3. The third-order valence-corrected chi connectivity index (χ3v) is 1.60. The second kappa shape index (κ2) is 3.54. The Morgan fingerprint density at radius 2 is 2.14 bits per heavy atom. The maximum atomic E-state index is 8.76. The number of pyridine rings is 1. The predicted molar refractivity (Wildman–Crippen MR) is 56.7 cm³/mol.